The standard InChI is InChI=1S/4C26H36F3N5.2ClH/c4*1-32-24(30-31-25(32)19-7-3-2-4-8-19)9-5-6-15-33-17-20-14-16-34(23(20)18-33)22-12-10-21(11-13-22)26(27,28)29;;/h4*10-13,19-20,23H,2-9,14-18H2,1H3;2*1H/t3*20-,23+;;;/m100.../s1. The smallest absolute Gasteiger partial charge is 0.367 e. The van der Waals surface area contributed by atoms with E-state index in [0.717, 1.165) is 253 Å². The summed E-state index contributed by atoms with van der Waals surface area (Å²) in [6.07, 6.45) is 25.9. The van der Waals surface area contributed by atoms with Crippen LogP contribution in [0, 0.1) is 23.7 Å². The maximum Gasteiger partial charge on any atom is 0.416 e. The first kappa shape index (κ1) is 105. The predicted octanol–water partition coefficient (Wildman–Crippen LogP) is 22.5. The number of anilines is 4. The molecule has 8 saturated heterocycles. The van der Waals surface area contributed by atoms with E-state index in [9.17, 15) is 52.7 Å². The third-order valence-electron chi connectivity index (χ3n) is 33.0. The molecule has 20 nitrogen and oxygen atoms in total. The zero-order chi connectivity index (χ0) is 94.8. The molecule has 8 aromatic rings. The fraction of sp³-hybridized carbons (Fsp3) is 0.692. The van der Waals surface area contributed by atoms with E-state index < -0.39 is 47.0 Å². The predicted molar refractivity (Wildman–Crippen MR) is 522 cm³/mol. The molecule has 8 atom stereocenters. The molecule has 2 unspecified atom stereocenters. The monoisotopic (exact) mass is 1970 g/mol. The summed E-state index contributed by atoms with van der Waals surface area (Å²) < 4.78 is 164. The van der Waals surface area contributed by atoms with Crippen molar-refractivity contribution in [3.8, 4) is 0 Å². The molecule has 8 aliphatic heterocycles. The van der Waals surface area contributed by atoms with Crippen LogP contribution in [0.1, 0.15) is 298 Å². The number of hydrogen-bond acceptors (Lipinski definition) is 16. The molecular formula is C104H146Cl2F12N20. The number of nitrogens with zero attached hydrogens (tertiary/aromatic N) is 20. The van der Waals surface area contributed by atoms with E-state index in [2.05, 4.69) is 126 Å². The minimum Gasteiger partial charge on any atom is -0.367 e. The Bertz CT molecular complexity index is 4430. The molecule has 0 amide bonds. The Balaban J connectivity index is 0.000000139. The lowest BCUT2D eigenvalue weighted by Crippen LogP contribution is -2.35. The second-order valence-electron chi connectivity index (χ2n) is 41.8. The van der Waals surface area contributed by atoms with Gasteiger partial charge in [-0.3, -0.25) is 0 Å². The van der Waals surface area contributed by atoms with E-state index in [1.165, 1.54) is 200 Å². The van der Waals surface area contributed by atoms with Gasteiger partial charge in [0.15, 0.2) is 0 Å². The fourth-order valence-corrected chi connectivity index (χ4v) is 25.3. The third kappa shape index (κ3) is 25.7. The number of benzene rings is 4. The van der Waals surface area contributed by atoms with Crippen LogP contribution < -0.4 is 19.6 Å². The van der Waals surface area contributed by atoms with Crippen LogP contribution in [-0.4, -0.2) is 208 Å². The Morgan fingerprint density at radius 2 is 0.428 bits per heavy atom. The summed E-state index contributed by atoms with van der Waals surface area (Å²) in [4.78, 5) is 19.4. The van der Waals surface area contributed by atoms with Crippen molar-refractivity contribution >= 4 is 47.6 Å². The summed E-state index contributed by atoms with van der Waals surface area (Å²) in [5, 5.41) is 36.1. The lowest BCUT2D eigenvalue weighted by Gasteiger charge is -2.27. The van der Waals surface area contributed by atoms with Crippen LogP contribution in [0.5, 0.6) is 0 Å². The number of fused-ring (bicyclic) bond motifs is 4. The van der Waals surface area contributed by atoms with Crippen LogP contribution in [0.3, 0.4) is 0 Å². The lowest BCUT2D eigenvalue weighted by molar-refractivity contribution is -0.138. The summed E-state index contributed by atoms with van der Waals surface area (Å²) in [5.74, 6) is 13.9. The minimum atomic E-state index is -4.28. The molecule has 12 heterocycles. The highest BCUT2D eigenvalue weighted by Crippen LogP contribution is 2.45. The second kappa shape index (κ2) is 47.2. The van der Waals surface area contributed by atoms with Crippen molar-refractivity contribution in [2.75, 3.05) is 124 Å². The Hall–Kier alpha value is -7.78. The summed E-state index contributed by atoms with van der Waals surface area (Å²) in [6, 6.07) is 24.4. The van der Waals surface area contributed by atoms with E-state index in [0.29, 0.717) is 71.5 Å². The molecule has 4 aromatic heterocycles. The third-order valence-corrected chi connectivity index (χ3v) is 33.0. The van der Waals surface area contributed by atoms with E-state index in [1.807, 2.05) is 0 Å². The van der Waals surface area contributed by atoms with Gasteiger partial charge in [-0.15, -0.1) is 65.6 Å². The largest absolute Gasteiger partial charge is 0.416 e. The Morgan fingerprint density at radius 3 is 0.609 bits per heavy atom. The normalized spacial score (nSPS) is 23.8. The van der Waals surface area contributed by atoms with Gasteiger partial charge < -0.3 is 57.5 Å². The average molecular weight is 1980 g/mol. The Labute approximate surface area is 820 Å². The number of unbranched alkanes of at least 4 members (excludes halogenated alkanes) is 4. The number of likely N-dealkylation sites (tertiary alicyclic amines) is 4. The summed E-state index contributed by atoms with van der Waals surface area (Å²) in [7, 11) is 8.49. The minimum absolute atomic E-state index is 0. The van der Waals surface area contributed by atoms with Crippen molar-refractivity contribution in [1.29, 1.82) is 0 Å². The number of aryl methyl sites for hydroxylation is 4. The quantitative estimate of drug-likeness (QED) is 0.0338. The highest BCUT2D eigenvalue weighted by molar-refractivity contribution is 5.85. The molecule has 12 aliphatic rings. The van der Waals surface area contributed by atoms with Crippen molar-refractivity contribution < 1.29 is 52.7 Å². The highest BCUT2D eigenvalue weighted by atomic mass is 35.5. The molecule has 20 rings (SSSR count). The van der Waals surface area contributed by atoms with Crippen LogP contribution in [0.25, 0.3) is 0 Å². The molecule has 138 heavy (non-hydrogen) atoms. The van der Waals surface area contributed by atoms with Gasteiger partial charge in [-0.2, -0.15) is 52.7 Å². The van der Waals surface area contributed by atoms with Gasteiger partial charge >= 0.3 is 24.7 Å². The molecule has 0 radical (unpaired) electrons. The molecule has 0 N–H and O–H groups in total. The molecule has 4 saturated carbocycles. The van der Waals surface area contributed by atoms with Crippen LogP contribution in [0.4, 0.5) is 75.4 Å². The molecule has 760 valence electrons. The molecule has 34 heteroatoms. The fourth-order valence-electron chi connectivity index (χ4n) is 25.3. The Kier molecular flexibility index (Phi) is 35.7. The number of alkyl halides is 12. The van der Waals surface area contributed by atoms with Gasteiger partial charge in [0, 0.05) is 203 Å². The van der Waals surface area contributed by atoms with E-state index in [4.69, 9.17) is 0 Å². The molecule has 4 aliphatic carbocycles. The van der Waals surface area contributed by atoms with Gasteiger partial charge in [0.1, 0.15) is 46.6 Å². The molecule has 0 spiro atoms. The van der Waals surface area contributed by atoms with Gasteiger partial charge in [0.05, 0.1) is 22.3 Å². The van der Waals surface area contributed by atoms with Crippen molar-refractivity contribution in [3.63, 3.8) is 0 Å². The zero-order valence-corrected chi connectivity index (χ0v) is 82.9. The van der Waals surface area contributed by atoms with Crippen LogP contribution in [0.15, 0.2) is 97.1 Å². The van der Waals surface area contributed by atoms with E-state index in [-0.39, 0.29) is 24.8 Å². The first-order valence-electron chi connectivity index (χ1n) is 51.8. The Morgan fingerprint density at radius 1 is 0.239 bits per heavy atom. The zero-order valence-electron chi connectivity index (χ0n) is 81.2. The number of aromatic nitrogens is 12. The van der Waals surface area contributed by atoms with Crippen molar-refractivity contribution in [2.45, 2.75) is 304 Å². The number of rotatable bonds is 28. The lowest BCUT2D eigenvalue weighted by atomic mass is 9.89. The van der Waals surface area contributed by atoms with Crippen LogP contribution in [-0.2, 0) is 78.6 Å². The summed E-state index contributed by atoms with van der Waals surface area (Å²) in [6.45, 7) is 16.4. The van der Waals surface area contributed by atoms with Gasteiger partial charge in [0.2, 0.25) is 0 Å². The van der Waals surface area contributed by atoms with Crippen molar-refractivity contribution in [1.82, 2.24) is 78.7 Å². The summed E-state index contributed by atoms with van der Waals surface area (Å²) >= 11 is 0. The first-order valence-corrected chi connectivity index (χ1v) is 51.8. The molecule has 0 bridgehead atoms. The SMILES string of the molecule is Cl.Cl.Cn1c(CCCCN2CC3CCN(c4ccc(C(F)(F)F)cc4)C3C2)nnc1C1CCCCC1.Cn1c(CCCCN2C[C@@H]3CCN(c4ccc(C(F)(F)F)cc4)[C@@H]3C2)nnc1C1CCCCC1.Cn1c(CCCCN2C[C@@H]3CCN(c4ccc(C(F)(F)F)cc4)[C@@H]3C2)nnc1C1CCCCC1.Cn1c(CCCCN2C[C@H]3CCN(c4ccc(C(F)(F)F)cc4)[C@H]3C2)nnc1C1CCCCC1. The molecule has 12 fully saturated rings. The van der Waals surface area contributed by atoms with Crippen LogP contribution in [0.2, 0.25) is 0 Å². The van der Waals surface area contributed by atoms with Gasteiger partial charge in [-0.05, 0) is 275 Å². The number of halogens is 14. The maximum absolute atomic E-state index is 12.9. The second-order valence-corrected chi connectivity index (χ2v) is 41.8. The van der Waals surface area contributed by atoms with Gasteiger partial charge in [0.25, 0.3) is 0 Å². The molecular weight excluding hydrogens is 1830 g/mol. The average Bonchev–Trinajstić information content (AvgIpc) is 1.64. The van der Waals surface area contributed by atoms with Crippen molar-refractivity contribution in [2.24, 2.45) is 51.9 Å². The van der Waals surface area contributed by atoms with Crippen molar-refractivity contribution in [3.05, 3.63) is 166 Å². The van der Waals surface area contributed by atoms with E-state index >= 15 is 0 Å². The topological polar surface area (TPSA) is 149 Å². The van der Waals surface area contributed by atoms with E-state index in [1.54, 1.807) is 48.5 Å². The molecule has 4 aromatic carbocycles. The summed E-state index contributed by atoms with van der Waals surface area (Å²) in [5.41, 5.74) is 1.36. The number of hydrogen-bond donors (Lipinski definition) is 0. The van der Waals surface area contributed by atoms with Gasteiger partial charge in [-0.1, -0.05) is 77.0 Å². The van der Waals surface area contributed by atoms with Gasteiger partial charge in [-0.25, -0.2) is 0 Å². The van der Waals surface area contributed by atoms with Crippen LogP contribution >= 0.6 is 24.8 Å². The first-order chi connectivity index (χ1) is 65.6. The highest BCUT2D eigenvalue weighted by Gasteiger charge is 2.47. The maximum atomic E-state index is 12.9.